The zero-order valence-electron chi connectivity index (χ0n) is 14.7. The minimum absolute atomic E-state index is 0.708. The van der Waals surface area contributed by atoms with Crippen LogP contribution in [0.2, 0.25) is 0 Å². The highest BCUT2D eigenvalue weighted by molar-refractivity contribution is 5.22. The minimum Gasteiger partial charge on any atom is -0.373 e. The molecule has 2 rings (SSSR count). The lowest BCUT2D eigenvalue weighted by Crippen LogP contribution is -2.13. The molecule has 1 aliphatic carbocycles. The summed E-state index contributed by atoms with van der Waals surface area (Å²) in [6.45, 7) is 7.49. The summed E-state index contributed by atoms with van der Waals surface area (Å²) in [5.41, 5.74) is 2.73. The molecule has 1 fully saturated rings. The van der Waals surface area contributed by atoms with Crippen LogP contribution in [0.1, 0.15) is 56.6 Å². The van der Waals surface area contributed by atoms with Gasteiger partial charge in [-0.15, -0.1) is 6.58 Å². The van der Waals surface area contributed by atoms with Gasteiger partial charge in [0.1, 0.15) is 0 Å². The second-order valence-corrected chi connectivity index (χ2v) is 6.77. The second kappa shape index (κ2) is 10.4. The van der Waals surface area contributed by atoms with Crippen molar-refractivity contribution in [1.82, 2.24) is 0 Å². The van der Waals surface area contributed by atoms with Gasteiger partial charge in [-0.1, -0.05) is 49.4 Å². The van der Waals surface area contributed by atoms with Crippen LogP contribution < -0.4 is 0 Å². The van der Waals surface area contributed by atoms with Gasteiger partial charge < -0.3 is 4.74 Å². The molecule has 0 amide bonds. The molecule has 126 valence electrons. The van der Waals surface area contributed by atoms with Gasteiger partial charge in [0.05, 0.1) is 13.2 Å². The standard InChI is InChI=1S/C22H32O/c1-3-5-6-17-23-18-22-15-13-21(14-16-22)12-11-20-9-7-19(4-2)8-10-20/h4-6,13-16,19-20H,2-3,7-12,17-18H2,1H3/b6-5+. The van der Waals surface area contributed by atoms with Crippen LogP contribution in [0.15, 0.2) is 49.1 Å². The molecule has 23 heavy (non-hydrogen) atoms. The van der Waals surface area contributed by atoms with E-state index < -0.39 is 0 Å². The van der Waals surface area contributed by atoms with E-state index in [1.165, 1.54) is 49.7 Å². The molecule has 0 aliphatic heterocycles. The van der Waals surface area contributed by atoms with Gasteiger partial charge in [-0.2, -0.15) is 0 Å². The molecule has 0 atom stereocenters. The average Bonchev–Trinajstić information content (AvgIpc) is 2.61. The Hall–Kier alpha value is -1.34. The summed E-state index contributed by atoms with van der Waals surface area (Å²) >= 11 is 0. The Morgan fingerprint density at radius 3 is 2.39 bits per heavy atom. The first-order valence-electron chi connectivity index (χ1n) is 9.25. The lowest BCUT2D eigenvalue weighted by molar-refractivity contribution is 0.148. The molecule has 0 radical (unpaired) electrons. The maximum Gasteiger partial charge on any atom is 0.0721 e. The maximum absolute atomic E-state index is 5.64. The monoisotopic (exact) mass is 312 g/mol. The van der Waals surface area contributed by atoms with E-state index in [4.69, 9.17) is 4.74 Å². The number of ether oxygens (including phenoxy) is 1. The molecule has 0 spiro atoms. The van der Waals surface area contributed by atoms with Gasteiger partial charge in [0, 0.05) is 0 Å². The smallest absolute Gasteiger partial charge is 0.0721 e. The topological polar surface area (TPSA) is 9.23 Å². The van der Waals surface area contributed by atoms with Crippen LogP contribution >= 0.6 is 0 Å². The Labute approximate surface area is 142 Å². The van der Waals surface area contributed by atoms with E-state index in [1.54, 1.807) is 0 Å². The molecule has 0 bridgehead atoms. The fourth-order valence-corrected chi connectivity index (χ4v) is 3.37. The molecule has 1 heteroatoms. The molecule has 0 saturated heterocycles. The minimum atomic E-state index is 0.708. The largest absolute Gasteiger partial charge is 0.373 e. The predicted octanol–water partition coefficient (Wildman–Crippen LogP) is 6.09. The van der Waals surface area contributed by atoms with E-state index in [2.05, 4.69) is 56.0 Å². The predicted molar refractivity (Wildman–Crippen MR) is 99.5 cm³/mol. The van der Waals surface area contributed by atoms with Crippen molar-refractivity contribution in [2.24, 2.45) is 11.8 Å². The molecular weight excluding hydrogens is 280 g/mol. The van der Waals surface area contributed by atoms with Gasteiger partial charge in [-0.05, 0) is 67.9 Å². The number of aryl methyl sites for hydroxylation is 1. The summed E-state index contributed by atoms with van der Waals surface area (Å²) in [6.07, 6.45) is 15.5. The lowest BCUT2D eigenvalue weighted by atomic mass is 9.79. The summed E-state index contributed by atoms with van der Waals surface area (Å²) in [4.78, 5) is 0. The zero-order chi connectivity index (χ0) is 16.3. The van der Waals surface area contributed by atoms with Crippen molar-refractivity contribution in [3.8, 4) is 0 Å². The van der Waals surface area contributed by atoms with Crippen molar-refractivity contribution in [3.63, 3.8) is 0 Å². The zero-order valence-corrected chi connectivity index (χ0v) is 14.7. The number of hydrogen-bond acceptors (Lipinski definition) is 1. The third-order valence-electron chi connectivity index (χ3n) is 4.97. The van der Waals surface area contributed by atoms with E-state index in [-0.39, 0.29) is 0 Å². The SMILES string of the molecule is C=CC1CCC(CCc2ccc(COC/C=C/CC)cc2)CC1. The summed E-state index contributed by atoms with van der Waals surface area (Å²) in [5.74, 6) is 1.69. The summed E-state index contributed by atoms with van der Waals surface area (Å²) in [7, 11) is 0. The molecule has 0 aromatic heterocycles. The van der Waals surface area contributed by atoms with Gasteiger partial charge in [-0.25, -0.2) is 0 Å². The van der Waals surface area contributed by atoms with E-state index in [0.717, 1.165) is 18.3 Å². The van der Waals surface area contributed by atoms with Crippen LogP contribution in [0.5, 0.6) is 0 Å². The fraction of sp³-hybridized carbons (Fsp3) is 0.545. The molecule has 1 aliphatic rings. The Balaban J connectivity index is 1.66. The molecule has 0 heterocycles. The second-order valence-electron chi connectivity index (χ2n) is 6.77. The number of hydrogen-bond donors (Lipinski definition) is 0. The molecule has 1 nitrogen and oxygen atoms in total. The number of benzene rings is 1. The summed E-state index contributed by atoms with van der Waals surface area (Å²) in [6, 6.07) is 8.98. The Kier molecular flexibility index (Phi) is 8.17. The van der Waals surface area contributed by atoms with Crippen molar-refractivity contribution in [1.29, 1.82) is 0 Å². The molecule has 1 aromatic rings. The highest BCUT2D eigenvalue weighted by Crippen LogP contribution is 2.32. The van der Waals surface area contributed by atoms with Crippen molar-refractivity contribution >= 4 is 0 Å². The van der Waals surface area contributed by atoms with Crippen LogP contribution in [0.4, 0.5) is 0 Å². The lowest BCUT2D eigenvalue weighted by Gasteiger charge is -2.26. The summed E-state index contributed by atoms with van der Waals surface area (Å²) in [5, 5.41) is 0. The van der Waals surface area contributed by atoms with E-state index >= 15 is 0 Å². The van der Waals surface area contributed by atoms with Gasteiger partial charge in [0.15, 0.2) is 0 Å². The van der Waals surface area contributed by atoms with E-state index in [9.17, 15) is 0 Å². The van der Waals surface area contributed by atoms with Crippen LogP contribution in [-0.2, 0) is 17.8 Å². The quantitative estimate of drug-likeness (QED) is 0.396. The van der Waals surface area contributed by atoms with Gasteiger partial charge in [0.25, 0.3) is 0 Å². The van der Waals surface area contributed by atoms with Gasteiger partial charge in [0.2, 0.25) is 0 Å². The van der Waals surface area contributed by atoms with Crippen LogP contribution in [0.3, 0.4) is 0 Å². The number of allylic oxidation sites excluding steroid dienone is 2. The van der Waals surface area contributed by atoms with Crippen LogP contribution in [-0.4, -0.2) is 6.61 Å². The average molecular weight is 312 g/mol. The molecule has 1 saturated carbocycles. The molecule has 1 aromatic carbocycles. The molecule has 0 N–H and O–H groups in total. The Morgan fingerprint density at radius 1 is 1.04 bits per heavy atom. The van der Waals surface area contributed by atoms with Gasteiger partial charge >= 0.3 is 0 Å². The maximum atomic E-state index is 5.64. The number of rotatable bonds is 9. The van der Waals surface area contributed by atoms with Crippen molar-refractivity contribution in [3.05, 3.63) is 60.2 Å². The van der Waals surface area contributed by atoms with E-state index in [1.807, 2.05) is 0 Å². The van der Waals surface area contributed by atoms with Crippen molar-refractivity contribution in [2.45, 2.75) is 58.5 Å². The normalized spacial score (nSPS) is 21.6. The first-order chi connectivity index (χ1) is 11.3. The Bertz CT molecular complexity index is 463. The molecule has 0 unspecified atom stereocenters. The first kappa shape index (κ1) is 18.0. The first-order valence-corrected chi connectivity index (χ1v) is 9.25. The van der Waals surface area contributed by atoms with Gasteiger partial charge in [-0.3, -0.25) is 0 Å². The molecular formula is C22H32O. The van der Waals surface area contributed by atoms with Crippen molar-refractivity contribution < 1.29 is 4.74 Å². The fourth-order valence-electron chi connectivity index (χ4n) is 3.37. The summed E-state index contributed by atoms with van der Waals surface area (Å²) < 4.78 is 5.64. The van der Waals surface area contributed by atoms with Crippen molar-refractivity contribution in [2.75, 3.05) is 6.61 Å². The van der Waals surface area contributed by atoms with Crippen LogP contribution in [0, 0.1) is 11.8 Å². The van der Waals surface area contributed by atoms with E-state index in [0.29, 0.717) is 13.2 Å². The Morgan fingerprint density at radius 2 is 1.74 bits per heavy atom. The highest BCUT2D eigenvalue weighted by Gasteiger charge is 2.18. The highest BCUT2D eigenvalue weighted by atomic mass is 16.5. The van der Waals surface area contributed by atoms with Crippen LogP contribution in [0.25, 0.3) is 0 Å². The third-order valence-corrected chi connectivity index (χ3v) is 4.97. The third kappa shape index (κ3) is 6.74.